The van der Waals surface area contributed by atoms with E-state index in [1.54, 1.807) is 0 Å². The van der Waals surface area contributed by atoms with Gasteiger partial charge in [-0.2, -0.15) is 0 Å². The second-order valence-electron chi connectivity index (χ2n) is 2.44. The van der Waals surface area contributed by atoms with E-state index in [2.05, 4.69) is 11.7 Å². The first kappa shape index (κ1) is 8.79. The first-order valence-electron chi connectivity index (χ1n) is 3.77. The van der Waals surface area contributed by atoms with Crippen molar-refractivity contribution in [2.24, 2.45) is 4.99 Å². The summed E-state index contributed by atoms with van der Waals surface area (Å²) in [4.78, 5) is 3.86. The van der Waals surface area contributed by atoms with E-state index in [1.807, 2.05) is 37.3 Å². The molecular weight excluding hydrogens is 145 g/mol. The Kier molecular flexibility index (Phi) is 2.86. The fourth-order valence-corrected chi connectivity index (χ4v) is 1.08. The van der Waals surface area contributed by atoms with Gasteiger partial charge in [0.05, 0.1) is 5.69 Å². The SMILES string of the molecule is [B]c1cccc(/C=C\C)c1N=C. The number of benzene rings is 1. The average molecular weight is 155 g/mol. The fraction of sp³-hybridized carbons (Fsp3) is 0.100. The fourth-order valence-electron chi connectivity index (χ4n) is 1.08. The monoisotopic (exact) mass is 155 g/mol. The Morgan fingerprint density at radius 3 is 2.83 bits per heavy atom. The highest BCUT2D eigenvalue weighted by molar-refractivity contribution is 6.36. The molecule has 0 aliphatic carbocycles. The van der Waals surface area contributed by atoms with Crippen LogP contribution in [0.5, 0.6) is 0 Å². The molecular formula is C10H10BN. The number of para-hydroxylation sites is 1. The molecule has 0 spiro atoms. The van der Waals surface area contributed by atoms with E-state index in [-0.39, 0.29) is 0 Å². The summed E-state index contributed by atoms with van der Waals surface area (Å²) < 4.78 is 0. The predicted octanol–water partition coefficient (Wildman–Crippen LogP) is 1.85. The molecule has 0 saturated carbocycles. The van der Waals surface area contributed by atoms with Crippen molar-refractivity contribution in [1.82, 2.24) is 0 Å². The molecule has 1 aromatic rings. The molecule has 0 saturated heterocycles. The summed E-state index contributed by atoms with van der Waals surface area (Å²) in [6.07, 6.45) is 3.91. The first-order chi connectivity index (χ1) is 5.79. The van der Waals surface area contributed by atoms with Crippen LogP contribution >= 0.6 is 0 Å². The molecule has 0 heterocycles. The lowest BCUT2D eigenvalue weighted by atomic mass is 9.91. The third kappa shape index (κ3) is 1.64. The van der Waals surface area contributed by atoms with Crippen LogP contribution in [0.25, 0.3) is 6.08 Å². The van der Waals surface area contributed by atoms with E-state index in [0.717, 1.165) is 11.3 Å². The number of nitrogens with zero attached hydrogens (tertiary/aromatic N) is 1. The summed E-state index contributed by atoms with van der Waals surface area (Å²) in [5, 5.41) is 0. The van der Waals surface area contributed by atoms with Crippen LogP contribution in [0.2, 0.25) is 0 Å². The molecule has 0 amide bonds. The molecule has 12 heavy (non-hydrogen) atoms. The predicted molar refractivity (Wildman–Crippen MR) is 55.7 cm³/mol. The van der Waals surface area contributed by atoms with Crippen molar-refractivity contribution in [3.63, 3.8) is 0 Å². The normalized spacial score (nSPS) is 10.4. The molecule has 0 bridgehead atoms. The summed E-state index contributed by atoms with van der Waals surface area (Å²) in [5.41, 5.74) is 2.43. The lowest BCUT2D eigenvalue weighted by Crippen LogP contribution is -2.02. The molecule has 1 nitrogen and oxygen atoms in total. The van der Waals surface area contributed by atoms with Crippen LogP contribution in [0.15, 0.2) is 29.3 Å². The van der Waals surface area contributed by atoms with E-state index in [4.69, 9.17) is 7.85 Å². The molecule has 1 aromatic carbocycles. The second kappa shape index (κ2) is 3.91. The third-order valence-corrected chi connectivity index (χ3v) is 1.60. The zero-order valence-electron chi connectivity index (χ0n) is 7.12. The third-order valence-electron chi connectivity index (χ3n) is 1.60. The van der Waals surface area contributed by atoms with Crippen molar-refractivity contribution >= 4 is 31.8 Å². The van der Waals surface area contributed by atoms with Crippen molar-refractivity contribution in [1.29, 1.82) is 0 Å². The molecule has 1 rings (SSSR count). The molecule has 2 heteroatoms. The Hall–Kier alpha value is -1.31. The Morgan fingerprint density at radius 2 is 2.25 bits per heavy atom. The van der Waals surface area contributed by atoms with Crippen LogP contribution in [0.1, 0.15) is 12.5 Å². The molecule has 0 atom stereocenters. The standard InChI is InChI=1S/C10H10BN/c1-3-5-8-6-4-7-9(11)10(8)12-2/h3-7H,2H2,1H3/b5-3-. The minimum atomic E-state index is 0.667. The molecule has 0 aromatic heterocycles. The van der Waals surface area contributed by atoms with Gasteiger partial charge in [0, 0.05) is 0 Å². The van der Waals surface area contributed by atoms with Crippen molar-refractivity contribution in [3.8, 4) is 0 Å². The van der Waals surface area contributed by atoms with Crippen LogP contribution in [-0.4, -0.2) is 14.6 Å². The summed E-state index contributed by atoms with van der Waals surface area (Å²) in [7, 11) is 5.69. The van der Waals surface area contributed by atoms with Gasteiger partial charge in [0.15, 0.2) is 0 Å². The second-order valence-corrected chi connectivity index (χ2v) is 2.44. The maximum absolute atomic E-state index is 5.69. The highest BCUT2D eigenvalue weighted by Crippen LogP contribution is 2.16. The number of rotatable bonds is 2. The van der Waals surface area contributed by atoms with Crippen LogP contribution < -0.4 is 5.46 Å². The Bertz CT molecular complexity index is 316. The summed E-state index contributed by atoms with van der Waals surface area (Å²) in [6, 6.07) is 5.68. The van der Waals surface area contributed by atoms with Crippen LogP contribution in [0.4, 0.5) is 5.69 Å². The number of hydrogen-bond acceptors (Lipinski definition) is 1. The van der Waals surface area contributed by atoms with Gasteiger partial charge >= 0.3 is 0 Å². The van der Waals surface area contributed by atoms with Gasteiger partial charge in [0.1, 0.15) is 7.85 Å². The topological polar surface area (TPSA) is 12.4 Å². The van der Waals surface area contributed by atoms with Gasteiger partial charge in [-0.3, -0.25) is 4.99 Å². The zero-order chi connectivity index (χ0) is 8.97. The molecule has 0 unspecified atom stereocenters. The molecule has 0 fully saturated rings. The largest absolute Gasteiger partial charge is 0.265 e. The minimum absolute atomic E-state index is 0.667. The van der Waals surface area contributed by atoms with Gasteiger partial charge in [-0.05, 0) is 19.2 Å². The lowest BCUT2D eigenvalue weighted by Gasteiger charge is -2.03. The van der Waals surface area contributed by atoms with Gasteiger partial charge in [-0.25, -0.2) is 0 Å². The minimum Gasteiger partial charge on any atom is -0.265 e. The van der Waals surface area contributed by atoms with Gasteiger partial charge in [0.2, 0.25) is 0 Å². The van der Waals surface area contributed by atoms with Crippen molar-refractivity contribution in [3.05, 3.63) is 29.8 Å². The van der Waals surface area contributed by atoms with Crippen LogP contribution in [0, 0.1) is 0 Å². The smallest absolute Gasteiger partial charge is 0.116 e. The maximum atomic E-state index is 5.69. The Balaban J connectivity index is 3.27. The maximum Gasteiger partial charge on any atom is 0.116 e. The summed E-state index contributed by atoms with van der Waals surface area (Å²) >= 11 is 0. The van der Waals surface area contributed by atoms with Crippen LogP contribution in [-0.2, 0) is 0 Å². The van der Waals surface area contributed by atoms with Crippen molar-refractivity contribution in [2.45, 2.75) is 6.92 Å². The lowest BCUT2D eigenvalue weighted by molar-refractivity contribution is 1.55. The van der Waals surface area contributed by atoms with E-state index < -0.39 is 0 Å². The van der Waals surface area contributed by atoms with Gasteiger partial charge in [-0.15, -0.1) is 0 Å². The van der Waals surface area contributed by atoms with Gasteiger partial charge in [0.25, 0.3) is 0 Å². The molecule has 58 valence electrons. The molecule has 0 N–H and O–H groups in total. The Labute approximate surface area is 74.2 Å². The molecule has 0 aliphatic rings. The number of hydrogen-bond donors (Lipinski definition) is 0. The quantitative estimate of drug-likeness (QED) is 0.456. The first-order valence-corrected chi connectivity index (χ1v) is 3.77. The highest BCUT2D eigenvalue weighted by Gasteiger charge is 1.97. The van der Waals surface area contributed by atoms with E-state index in [0.29, 0.717) is 5.46 Å². The summed E-state index contributed by atoms with van der Waals surface area (Å²) in [5.74, 6) is 0. The van der Waals surface area contributed by atoms with E-state index >= 15 is 0 Å². The van der Waals surface area contributed by atoms with E-state index in [9.17, 15) is 0 Å². The highest BCUT2D eigenvalue weighted by atomic mass is 14.7. The molecule has 2 radical (unpaired) electrons. The van der Waals surface area contributed by atoms with Crippen molar-refractivity contribution < 1.29 is 0 Å². The van der Waals surface area contributed by atoms with Gasteiger partial charge in [-0.1, -0.05) is 35.8 Å². The zero-order valence-corrected chi connectivity index (χ0v) is 7.12. The van der Waals surface area contributed by atoms with E-state index in [1.165, 1.54) is 0 Å². The van der Waals surface area contributed by atoms with Gasteiger partial charge < -0.3 is 0 Å². The van der Waals surface area contributed by atoms with Crippen LogP contribution in [0.3, 0.4) is 0 Å². The summed E-state index contributed by atoms with van der Waals surface area (Å²) in [6.45, 7) is 5.43. The Morgan fingerprint density at radius 1 is 1.50 bits per heavy atom. The number of allylic oxidation sites excluding steroid dienone is 1. The average Bonchev–Trinajstić information content (AvgIpc) is 2.05. The number of aliphatic imine (C=N–C) groups is 1. The molecule has 0 aliphatic heterocycles. The van der Waals surface area contributed by atoms with Crippen molar-refractivity contribution in [2.75, 3.05) is 0 Å².